The third-order valence-electron chi connectivity index (χ3n) is 2.33. The monoisotopic (exact) mass is 238 g/mol. The molecule has 1 aromatic heterocycles. The lowest BCUT2D eigenvalue weighted by molar-refractivity contribution is 0.146. The SMILES string of the molecule is Cc1cc(-c2ccc(F)c(C(F)F)c2)ncn1. The van der Waals surface area contributed by atoms with E-state index in [1.165, 1.54) is 12.4 Å². The van der Waals surface area contributed by atoms with Gasteiger partial charge >= 0.3 is 0 Å². The molecule has 88 valence electrons. The zero-order valence-corrected chi connectivity index (χ0v) is 8.99. The van der Waals surface area contributed by atoms with Crippen molar-refractivity contribution in [1.82, 2.24) is 9.97 Å². The molecule has 0 atom stereocenters. The number of aromatic nitrogens is 2. The summed E-state index contributed by atoms with van der Waals surface area (Å²) in [5, 5.41) is 0. The van der Waals surface area contributed by atoms with Gasteiger partial charge in [-0.3, -0.25) is 0 Å². The van der Waals surface area contributed by atoms with E-state index in [4.69, 9.17) is 0 Å². The van der Waals surface area contributed by atoms with Crippen LogP contribution in [0.25, 0.3) is 11.3 Å². The van der Waals surface area contributed by atoms with E-state index in [1.54, 1.807) is 13.0 Å². The van der Waals surface area contributed by atoms with E-state index in [0.29, 0.717) is 11.3 Å². The van der Waals surface area contributed by atoms with Gasteiger partial charge in [0.1, 0.15) is 12.1 Å². The molecule has 0 saturated carbocycles. The molecule has 1 heterocycles. The maximum atomic E-state index is 13.1. The van der Waals surface area contributed by atoms with Crippen LogP contribution in [-0.4, -0.2) is 9.97 Å². The molecule has 0 aliphatic carbocycles. The molecule has 0 bridgehead atoms. The minimum atomic E-state index is -2.84. The van der Waals surface area contributed by atoms with Crippen LogP contribution < -0.4 is 0 Å². The molecule has 0 radical (unpaired) electrons. The van der Waals surface area contributed by atoms with Crippen LogP contribution in [0.15, 0.2) is 30.6 Å². The molecule has 0 aliphatic rings. The molecule has 0 N–H and O–H groups in total. The van der Waals surface area contributed by atoms with Crippen molar-refractivity contribution in [3.8, 4) is 11.3 Å². The Bertz CT molecular complexity index is 541. The molecule has 0 saturated heterocycles. The zero-order chi connectivity index (χ0) is 12.4. The van der Waals surface area contributed by atoms with Crippen molar-refractivity contribution in [1.29, 1.82) is 0 Å². The Morgan fingerprint density at radius 1 is 1.12 bits per heavy atom. The van der Waals surface area contributed by atoms with Crippen LogP contribution in [0.2, 0.25) is 0 Å². The predicted molar refractivity (Wildman–Crippen MR) is 57.1 cm³/mol. The molecule has 5 heteroatoms. The number of hydrogen-bond acceptors (Lipinski definition) is 2. The zero-order valence-electron chi connectivity index (χ0n) is 8.99. The van der Waals surface area contributed by atoms with E-state index in [1.807, 2.05) is 0 Å². The van der Waals surface area contributed by atoms with Gasteiger partial charge in [-0.25, -0.2) is 23.1 Å². The minimum absolute atomic E-state index is 0.451. The van der Waals surface area contributed by atoms with Gasteiger partial charge in [0.25, 0.3) is 6.43 Å². The van der Waals surface area contributed by atoms with Gasteiger partial charge in [0.15, 0.2) is 0 Å². The average Bonchev–Trinajstić information content (AvgIpc) is 2.29. The second-order valence-electron chi connectivity index (χ2n) is 3.58. The Kier molecular flexibility index (Phi) is 3.08. The first-order chi connectivity index (χ1) is 8.08. The smallest absolute Gasteiger partial charge is 0.242 e. The summed E-state index contributed by atoms with van der Waals surface area (Å²) in [5.74, 6) is -0.908. The quantitative estimate of drug-likeness (QED) is 0.799. The average molecular weight is 238 g/mol. The highest BCUT2D eigenvalue weighted by atomic mass is 19.3. The van der Waals surface area contributed by atoms with E-state index >= 15 is 0 Å². The molecule has 0 aliphatic heterocycles. The topological polar surface area (TPSA) is 25.8 Å². The van der Waals surface area contributed by atoms with Crippen LogP contribution in [0.1, 0.15) is 17.7 Å². The van der Waals surface area contributed by atoms with E-state index < -0.39 is 17.8 Å². The summed E-state index contributed by atoms with van der Waals surface area (Å²) in [6.45, 7) is 1.77. The standard InChI is InChI=1S/C12H9F3N2/c1-7-4-11(17-6-16-7)8-2-3-10(13)9(5-8)12(14)15/h2-6,12H,1H3. The highest BCUT2D eigenvalue weighted by Gasteiger charge is 2.14. The Morgan fingerprint density at radius 3 is 2.53 bits per heavy atom. The molecular formula is C12H9F3N2. The molecule has 0 amide bonds. The van der Waals surface area contributed by atoms with Gasteiger partial charge in [0.2, 0.25) is 0 Å². The number of rotatable bonds is 2. The summed E-state index contributed by atoms with van der Waals surface area (Å²) in [6, 6.07) is 5.21. The first-order valence-corrected chi connectivity index (χ1v) is 4.94. The first-order valence-electron chi connectivity index (χ1n) is 4.94. The van der Waals surface area contributed by atoms with Crippen LogP contribution in [0, 0.1) is 12.7 Å². The van der Waals surface area contributed by atoms with Gasteiger partial charge in [-0.05, 0) is 31.2 Å². The number of halogens is 3. The van der Waals surface area contributed by atoms with E-state index in [9.17, 15) is 13.2 Å². The second kappa shape index (κ2) is 4.53. The van der Waals surface area contributed by atoms with Gasteiger partial charge in [-0.15, -0.1) is 0 Å². The van der Waals surface area contributed by atoms with Crippen LogP contribution in [0.4, 0.5) is 13.2 Å². The first kappa shape index (κ1) is 11.6. The number of hydrogen-bond donors (Lipinski definition) is 0. The summed E-state index contributed by atoms with van der Waals surface area (Å²) in [7, 11) is 0. The van der Waals surface area contributed by atoms with E-state index in [-0.39, 0.29) is 0 Å². The summed E-state index contributed by atoms with van der Waals surface area (Å²) in [6.07, 6.45) is -1.49. The summed E-state index contributed by atoms with van der Waals surface area (Å²) >= 11 is 0. The molecule has 2 nitrogen and oxygen atoms in total. The van der Waals surface area contributed by atoms with Gasteiger partial charge < -0.3 is 0 Å². The van der Waals surface area contributed by atoms with Crippen molar-refractivity contribution in [2.45, 2.75) is 13.3 Å². The second-order valence-corrected chi connectivity index (χ2v) is 3.58. The normalized spacial score (nSPS) is 10.9. The Labute approximate surface area is 96.2 Å². The van der Waals surface area contributed by atoms with Crippen molar-refractivity contribution in [3.05, 3.63) is 47.7 Å². The van der Waals surface area contributed by atoms with Crippen molar-refractivity contribution < 1.29 is 13.2 Å². The highest BCUT2D eigenvalue weighted by molar-refractivity contribution is 5.60. The summed E-state index contributed by atoms with van der Waals surface area (Å²) < 4.78 is 38.2. The Hall–Kier alpha value is -1.91. The fourth-order valence-corrected chi connectivity index (χ4v) is 1.48. The third-order valence-corrected chi connectivity index (χ3v) is 2.33. The van der Waals surface area contributed by atoms with Crippen LogP contribution >= 0.6 is 0 Å². The molecule has 1 aromatic carbocycles. The van der Waals surface area contributed by atoms with Crippen molar-refractivity contribution in [2.24, 2.45) is 0 Å². The summed E-state index contributed by atoms with van der Waals surface area (Å²) in [5.41, 5.74) is 1.06. The molecule has 0 spiro atoms. The minimum Gasteiger partial charge on any atom is -0.242 e. The van der Waals surface area contributed by atoms with Gasteiger partial charge in [-0.2, -0.15) is 0 Å². The van der Waals surface area contributed by atoms with E-state index in [0.717, 1.165) is 17.8 Å². The predicted octanol–water partition coefficient (Wildman–Crippen LogP) is 3.53. The number of nitrogens with zero attached hydrogens (tertiary/aromatic N) is 2. The largest absolute Gasteiger partial charge is 0.266 e. The van der Waals surface area contributed by atoms with Crippen LogP contribution in [0.3, 0.4) is 0 Å². The van der Waals surface area contributed by atoms with Gasteiger partial charge in [0.05, 0.1) is 11.3 Å². The molecule has 2 aromatic rings. The fourth-order valence-electron chi connectivity index (χ4n) is 1.48. The van der Waals surface area contributed by atoms with Crippen LogP contribution in [-0.2, 0) is 0 Å². The fraction of sp³-hybridized carbons (Fsp3) is 0.167. The van der Waals surface area contributed by atoms with E-state index in [2.05, 4.69) is 9.97 Å². The Balaban J connectivity index is 2.50. The maximum Gasteiger partial charge on any atom is 0.266 e. The highest BCUT2D eigenvalue weighted by Crippen LogP contribution is 2.27. The Morgan fingerprint density at radius 2 is 1.88 bits per heavy atom. The van der Waals surface area contributed by atoms with Gasteiger partial charge in [0, 0.05) is 11.3 Å². The number of alkyl halides is 2. The van der Waals surface area contributed by atoms with Gasteiger partial charge in [-0.1, -0.05) is 0 Å². The summed E-state index contributed by atoms with van der Waals surface area (Å²) in [4.78, 5) is 7.87. The lowest BCUT2D eigenvalue weighted by Gasteiger charge is -2.06. The molecule has 2 rings (SSSR count). The number of aryl methyl sites for hydroxylation is 1. The van der Waals surface area contributed by atoms with Crippen molar-refractivity contribution >= 4 is 0 Å². The maximum absolute atomic E-state index is 13.1. The lowest BCUT2D eigenvalue weighted by Crippen LogP contribution is -1.93. The third kappa shape index (κ3) is 2.43. The van der Waals surface area contributed by atoms with Crippen molar-refractivity contribution in [3.63, 3.8) is 0 Å². The molecular weight excluding hydrogens is 229 g/mol. The number of benzene rings is 1. The molecule has 0 unspecified atom stereocenters. The molecule has 17 heavy (non-hydrogen) atoms. The lowest BCUT2D eigenvalue weighted by atomic mass is 10.1. The molecule has 0 fully saturated rings. The van der Waals surface area contributed by atoms with Crippen LogP contribution in [0.5, 0.6) is 0 Å². The van der Waals surface area contributed by atoms with Crippen molar-refractivity contribution in [2.75, 3.05) is 0 Å².